The SMILES string of the molecule is COCCNCc1ccnc(Cc2ccccc2Cl)n1. The van der Waals surface area contributed by atoms with Gasteiger partial charge in [0.15, 0.2) is 0 Å². The Balaban J connectivity index is 1.97. The zero-order chi connectivity index (χ0) is 14.2. The molecule has 0 atom stereocenters. The molecule has 4 nitrogen and oxygen atoms in total. The van der Waals surface area contributed by atoms with Crippen molar-refractivity contribution in [1.29, 1.82) is 0 Å². The third kappa shape index (κ3) is 4.56. The fourth-order valence-electron chi connectivity index (χ4n) is 1.83. The maximum Gasteiger partial charge on any atom is 0.133 e. The quantitative estimate of drug-likeness (QED) is 0.796. The predicted molar refractivity (Wildman–Crippen MR) is 79.9 cm³/mol. The van der Waals surface area contributed by atoms with Crippen LogP contribution < -0.4 is 5.32 Å². The Morgan fingerprint density at radius 1 is 1.25 bits per heavy atom. The van der Waals surface area contributed by atoms with Crippen molar-refractivity contribution in [2.24, 2.45) is 0 Å². The molecule has 0 saturated carbocycles. The van der Waals surface area contributed by atoms with Crippen LogP contribution in [0.3, 0.4) is 0 Å². The number of hydrogen-bond donors (Lipinski definition) is 1. The van der Waals surface area contributed by atoms with E-state index in [1.807, 2.05) is 30.3 Å². The lowest BCUT2D eigenvalue weighted by atomic mass is 10.1. The standard InChI is InChI=1S/C15H18ClN3O/c1-20-9-8-17-11-13-6-7-18-15(19-13)10-12-4-2-3-5-14(12)16/h2-7,17H,8-11H2,1H3. The second kappa shape index (κ2) is 7.94. The number of aromatic nitrogens is 2. The minimum Gasteiger partial charge on any atom is -0.383 e. The molecule has 0 radical (unpaired) electrons. The number of benzene rings is 1. The molecule has 0 bridgehead atoms. The Morgan fingerprint density at radius 3 is 2.90 bits per heavy atom. The molecule has 0 aliphatic heterocycles. The monoisotopic (exact) mass is 291 g/mol. The van der Waals surface area contributed by atoms with Crippen molar-refractivity contribution in [2.75, 3.05) is 20.3 Å². The van der Waals surface area contributed by atoms with Crippen molar-refractivity contribution >= 4 is 11.6 Å². The van der Waals surface area contributed by atoms with Gasteiger partial charge in [0.1, 0.15) is 5.82 Å². The summed E-state index contributed by atoms with van der Waals surface area (Å²) in [7, 11) is 1.69. The number of rotatable bonds is 7. The van der Waals surface area contributed by atoms with Gasteiger partial charge in [-0.15, -0.1) is 0 Å². The second-order valence-corrected chi connectivity index (χ2v) is 4.81. The highest BCUT2D eigenvalue weighted by atomic mass is 35.5. The molecule has 1 aromatic carbocycles. The van der Waals surface area contributed by atoms with Crippen molar-refractivity contribution < 1.29 is 4.74 Å². The van der Waals surface area contributed by atoms with E-state index in [0.29, 0.717) is 19.6 Å². The van der Waals surface area contributed by atoms with Crippen LogP contribution in [-0.4, -0.2) is 30.2 Å². The van der Waals surface area contributed by atoms with Crippen molar-refractivity contribution in [3.8, 4) is 0 Å². The summed E-state index contributed by atoms with van der Waals surface area (Å²) in [6.45, 7) is 2.21. The van der Waals surface area contributed by atoms with Gasteiger partial charge in [-0.1, -0.05) is 29.8 Å². The van der Waals surface area contributed by atoms with E-state index in [4.69, 9.17) is 16.3 Å². The van der Waals surface area contributed by atoms with Gasteiger partial charge in [0.2, 0.25) is 0 Å². The summed E-state index contributed by atoms with van der Waals surface area (Å²) < 4.78 is 4.99. The van der Waals surface area contributed by atoms with Crippen molar-refractivity contribution in [2.45, 2.75) is 13.0 Å². The Kier molecular flexibility index (Phi) is 5.92. The molecule has 0 saturated heterocycles. The Morgan fingerprint density at radius 2 is 2.10 bits per heavy atom. The van der Waals surface area contributed by atoms with E-state index in [1.165, 1.54) is 0 Å². The molecule has 0 aliphatic rings. The van der Waals surface area contributed by atoms with Crippen LogP contribution in [0.25, 0.3) is 0 Å². The fraction of sp³-hybridized carbons (Fsp3) is 0.333. The van der Waals surface area contributed by atoms with Gasteiger partial charge >= 0.3 is 0 Å². The molecule has 0 amide bonds. The lowest BCUT2D eigenvalue weighted by Crippen LogP contribution is -2.19. The largest absolute Gasteiger partial charge is 0.383 e. The van der Waals surface area contributed by atoms with Crippen molar-refractivity contribution in [3.05, 3.63) is 58.6 Å². The zero-order valence-corrected chi connectivity index (χ0v) is 12.2. The fourth-order valence-corrected chi connectivity index (χ4v) is 2.03. The third-order valence-electron chi connectivity index (χ3n) is 2.86. The number of nitrogens with one attached hydrogen (secondary N) is 1. The molecule has 2 rings (SSSR count). The van der Waals surface area contributed by atoms with Crippen LogP contribution in [0, 0.1) is 0 Å². The minimum absolute atomic E-state index is 0.644. The predicted octanol–water partition coefficient (Wildman–Crippen LogP) is 2.46. The molecule has 0 unspecified atom stereocenters. The van der Waals surface area contributed by atoms with E-state index in [2.05, 4.69) is 15.3 Å². The second-order valence-electron chi connectivity index (χ2n) is 4.40. The molecule has 1 aromatic heterocycles. The molecule has 1 N–H and O–H groups in total. The topological polar surface area (TPSA) is 47.0 Å². The van der Waals surface area contributed by atoms with Gasteiger partial charge in [0, 0.05) is 37.8 Å². The molecule has 0 spiro atoms. The smallest absolute Gasteiger partial charge is 0.133 e. The summed E-state index contributed by atoms with van der Waals surface area (Å²) in [6, 6.07) is 9.68. The van der Waals surface area contributed by atoms with Crippen LogP contribution in [0.15, 0.2) is 36.5 Å². The first kappa shape index (κ1) is 14.9. The van der Waals surface area contributed by atoms with Gasteiger partial charge < -0.3 is 10.1 Å². The Hall–Kier alpha value is -1.49. The highest BCUT2D eigenvalue weighted by molar-refractivity contribution is 6.31. The average Bonchev–Trinajstić information content (AvgIpc) is 2.47. The number of halogens is 1. The lowest BCUT2D eigenvalue weighted by molar-refractivity contribution is 0.199. The van der Waals surface area contributed by atoms with Gasteiger partial charge in [0.05, 0.1) is 12.3 Å². The van der Waals surface area contributed by atoms with Crippen LogP contribution in [0.5, 0.6) is 0 Å². The molecule has 5 heteroatoms. The van der Waals surface area contributed by atoms with Crippen LogP contribution in [-0.2, 0) is 17.7 Å². The maximum absolute atomic E-state index is 6.15. The summed E-state index contributed by atoms with van der Waals surface area (Å²) in [5.41, 5.74) is 2.01. The molecule has 1 heterocycles. The highest BCUT2D eigenvalue weighted by Crippen LogP contribution is 2.17. The Labute approximate surface area is 124 Å². The molecule has 2 aromatic rings. The number of hydrogen-bond acceptors (Lipinski definition) is 4. The van der Waals surface area contributed by atoms with Crippen molar-refractivity contribution in [1.82, 2.24) is 15.3 Å². The van der Waals surface area contributed by atoms with Crippen LogP contribution in [0.4, 0.5) is 0 Å². The van der Waals surface area contributed by atoms with E-state index in [0.717, 1.165) is 28.6 Å². The van der Waals surface area contributed by atoms with E-state index < -0.39 is 0 Å². The van der Waals surface area contributed by atoms with Gasteiger partial charge in [-0.05, 0) is 17.7 Å². The summed E-state index contributed by atoms with van der Waals surface area (Å²) in [6.07, 6.45) is 2.43. The third-order valence-corrected chi connectivity index (χ3v) is 3.23. The van der Waals surface area contributed by atoms with E-state index in [-0.39, 0.29) is 0 Å². The number of methoxy groups -OCH3 is 1. The first-order valence-electron chi connectivity index (χ1n) is 6.53. The highest BCUT2D eigenvalue weighted by Gasteiger charge is 2.04. The van der Waals surface area contributed by atoms with E-state index in [1.54, 1.807) is 13.3 Å². The van der Waals surface area contributed by atoms with Crippen LogP contribution >= 0.6 is 11.6 Å². The molecule has 106 valence electrons. The number of ether oxygens (including phenoxy) is 1. The van der Waals surface area contributed by atoms with Gasteiger partial charge in [-0.3, -0.25) is 0 Å². The molecular weight excluding hydrogens is 274 g/mol. The molecule has 20 heavy (non-hydrogen) atoms. The molecule has 0 fully saturated rings. The van der Waals surface area contributed by atoms with Crippen LogP contribution in [0.1, 0.15) is 17.1 Å². The Bertz CT molecular complexity index is 548. The average molecular weight is 292 g/mol. The zero-order valence-electron chi connectivity index (χ0n) is 11.5. The van der Waals surface area contributed by atoms with Gasteiger partial charge in [-0.25, -0.2) is 9.97 Å². The first-order valence-corrected chi connectivity index (χ1v) is 6.91. The first-order chi connectivity index (χ1) is 9.79. The lowest BCUT2D eigenvalue weighted by Gasteiger charge is -2.06. The van der Waals surface area contributed by atoms with E-state index in [9.17, 15) is 0 Å². The minimum atomic E-state index is 0.644. The summed E-state index contributed by atoms with van der Waals surface area (Å²) >= 11 is 6.15. The summed E-state index contributed by atoms with van der Waals surface area (Å²) in [5.74, 6) is 0.782. The van der Waals surface area contributed by atoms with Gasteiger partial charge in [-0.2, -0.15) is 0 Å². The number of nitrogens with zero attached hydrogens (tertiary/aromatic N) is 2. The van der Waals surface area contributed by atoms with Crippen molar-refractivity contribution in [3.63, 3.8) is 0 Å². The summed E-state index contributed by atoms with van der Waals surface area (Å²) in [4.78, 5) is 8.83. The molecule has 0 aliphatic carbocycles. The molecular formula is C15H18ClN3O. The normalized spacial score (nSPS) is 10.7. The van der Waals surface area contributed by atoms with E-state index >= 15 is 0 Å². The maximum atomic E-state index is 6.15. The van der Waals surface area contributed by atoms with Gasteiger partial charge in [0.25, 0.3) is 0 Å². The van der Waals surface area contributed by atoms with Crippen LogP contribution in [0.2, 0.25) is 5.02 Å². The summed E-state index contributed by atoms with van der Waals surface area (Å²) in [5, 5.41) is 4.01.